The summed E-state index contributed by atoms with van der Waals surface area (Å²) in [5.41, 5.74) is 1.89. The van der Waals surface area contributed by atoms with Crippen molar-refractivity contribution in [3.8, 4) is 0 Å². The first kappa shape index (κ1) is 18.5. The summed E-state index contributed by atoms with van der Waals surface area (Å²) >= 11 is 0. The van der Waals surface area contributed by atoms with Crippen molar-refractivity contribution in [2.75, 3.05) is 46.9 Å². The Morgan fingerprint density at radius 1 is 1.24 bits per heavy atom. The smallest absolute Gasteiger partial charge is 0.164 e. The van der Waals surface area contributed by atoms with Gasteiger partial charge in [-0.15, -0.1) is 0 Å². The SMILES string of the molecule is COC1=CCC(=O)C(C)=C1N1CCC(N(C)CC2CCNCC2)CC1. The predicted molar refractivity (Wildman–Crippen MR) is 100 cm³/mol. The molecule has 0 aromatic rings. The first-order chi connectivity index (χ1) is 12.1. The molecule has 0 radical (unpaired) electrons. The summed E-state index contributed by atoms with van der Waals surface area (Å²) in [6.45, 7) is 7.51. The van der Waals surface area contributed by atoms with Gasteiger partial charge in [0.2, 0.25) is 0 Å². The largest absolute Gasteiger partial charge is 0.495 e. The second kappa shape index (κ2) is 8.37. The van der Waals surface area contributed by atoms with Crippen LogP contribution in [-0.2, 0) is 9.53 Å². The molecule has 3 aliphatic rings. The van der Waals surface area contributed by atoms with Gasteiger partial charge in [0.15, 0.2) is 5.78 Å². The van der Waals surface area contributed by atoms with Crippen molar-refractivity contribution in [2.24, 2.45) is 5.92 Å². The summed E-state index contributed by atoms with van der Waals surface area (Å²) in [5, 5.41) is 3.45. The Hall–Kier alpha value is -1.33. The zero-order valence-electron chi connectivity index (χ0n) is 16.0. The van der Waals surface area contributed by atoms with E-state index in [2.05, 4.69) is 22.2 Å². The van der Waals surface area contributed by atoms with Crippen LogP contribution in [0, 0.1) is 5.92 Å². The lowest BCUT2D eigenvalue weighted by atomic mass is 9.94. The lowest BCUT2D eigenvalue weighted by Crippen LogP contribution is -2.46. The third-order valence-electron chi connectivity index (χ3n) is 6.11. The molecule has 0 aromatic heterocycles. The Balaban J connectivity index is 1.56. The number of piperidine rings is 2. The van der Waals surface area contributed by atoms with Crippen LogP contribution in [0.4, 0.5) is 0 Å². The fraction of sp³-hybridized carbons (Fsp3) is 0.750. The Labute approximate surface area is 152 Å². The van der Waals surface area contributed by atoms with Crippen LogP contribution < -0.4 is 5.32 Å². The maximum atomic E-state index is 12.1. The molecule has 5 heteroatoms. The third kappa shape index (κ3) is 4.26. The second-order valence-corrected chi connectivity index (χ2v) is 7.72. The standard InChI is InChI=1S/C20H33N3O2/c1-15-18(24)4-5-19(25-3)20(15)23-12-8-17(9-13-23)22(2)14-16-6-10-21-11-7-16/h5,16-17,21H,4,6-14H2,1-3H3. The van der Waals surface area contributed by atoms with Crippen LogP contribution >= 0.6 is 0 Å². The highest BCUT2D eigenvalue weighted by molar-refractivity contribution is 5.98. The van der Waals surface area contributed by atoms with Crippen molar-refractivity contribution in [3.05, 3.63) is 23.1 Å². The van der Waals surface area contributed by atoms with Gasteiger partial charge in [0, 0.05) is 37.7 Å². The number of rotatable bonds is 5. The van der Waals surface area contributed by atoms with Gasteiger partial charge in [-0.1, -0.05) is 0 Å². The average molecular weight is 348 g/mol. The van der Waals surface area contributed by atoms with Gasteiger partial charge in [0.25, 0.3) is 0 Å². The molecule has 5 nitrogen and oxygen atoms in total. The summed E-state index contributed by atoms with van der Waals surface area (Å²) < 4.78 is 5.54. The molecule has 0 amide bonds. The van der Waals surface area contributed by atoms with E-state index in [0.717, 1.165) is 48.9 Å². The van der Waals surface area contributed by atoms with Crippen LogP contribution in [0.3, 0.4) is 0 Å². The first-order valence-corrected chi connectivity index (χ1v) is 9.74. The zero-order valence-corrected chi connectivity index (χ0v) is 16.0. The minimum absolute atomic E-state index is 0.223. The fourth-order valence-electron chi connectivity index (χ4n) is 4.48. The summed E-state index contributed by atoms with van der Waals surface area (Å²) in [7, 11) is 3.99. The molecule has 140 valence electrons. The van der Waals surface area contributed by atoms with Gasteiger partial charge in [-0.3, -0.25) is 4.79 Å². The van der Waals surface area contributed by atoms with E-state index in [4.69, 9.17) is 4.74 Å². The Kier molecular flexibility index (Phi) is 6.18. The first-order valence-electron chi connectivity index (χ1n) is 9.74. The van der Waals surface area contributed by atoms with Gasteiger partial charge >= 0.3 is 0 Å². The highest BCUT2D eigenvalue weighted by Gasteiger charge is 2.30. The maximum absolute atomic E-state index is 12.1. The van der Waals surface area contributed by atoms with Gasteiger partial charge in [-0.2, -0.15) is 0 Å². The lowest BCUT2D eigenvalue weighted by molar-refractivity contribution is -0.115. The second-order valence-electron chi connectivity index (χ2n) is 7.72. The van der Waals surface area contributed by atoms with E-state index in [0.29, 0.717) is 12.5 Å². The number of methoxy groups -OCH3 is 1. The van der Waals surface area contributed by atoms with Crippen LogP contribution in [-0.4, -0.2) is 68.5 Å². The number of ketones is 1. The van der Waals surface area contributed by atoms with Gasteiger partial charge in [0.05, 0.1) is 12.8 Å². The molecule has 0 atom stereocenters. The number of ether oxygens (including phenoxy) is 1. The number of Topliss-reactive ketones (excluding diaryl/α,β-unsaturated/α-hetero) is 1. The minimum atomic E-state index is 0.223. The number of carbonyl (C=O) groups excluding carboxylic acids is 1. The van der Waals surface area contributed by atoms with Crippen LogP contribution in [0.2, 0.25) is 0 Å². The highest BCUT2D eigenvalue weighted by atomic mass is 16.5. The molecule has 0 unspecified atom stereocenters. The molecule has 0 aromatic carbocycles. The topological polar surface area (TPSA) is 44.8 Å². The van der Waals surface area contributed by atoms with Crippen molar-refractivity contribution < 1.29 is 9.53 Å². The molecule has 2 aliphatic heterocycles. The molecule has 0 bridgehead atoms. The lowest BCUT2D eigenvalue weighted by Gasteiger charge is -2.41. The molecule has 3 rings (SSSR count). The summed E-state index contributed by atoms with van der Waals surface area (Å²) in [4.78, 5) is 17.0. The number of nitrogens with one attached hydrogen (secondary N) is 1. The van der Waals surface area contributed by atoms with E-state index in [-0.39, 0.29) is 5.78 Å². The average Bonchev–Trinajstić information content (AvgIpc) is 2.65. The van der Waals surface area contributed by atoms with E-state index >= 15 is 0 Å². The predicted octanol–water partition coefficient (Wildman–Crippen LogP) is 2.16. The number of hydrogen-bond donors (Lipinski definition) is 1. The molecule has 25 heavy (non-hydrogen) atoms. The molecule has 0 spiro atoms. The molecule has 0 saturated carbocycles. The van der Waals surface area contributed by atoms with Crippen molar-refractivity contribution in [1.82, 2.24) is 15.1 Å². The number of nitrogens with zero attached hydrogens (tertiary/aromatic N) is 2. The molecule has 1 aliphatic carbocycles. The molecule has 2 fully saturated rings. The highest BCUT2D eigenvalue weighted by Crippen LogP contribution is 2.30. The van der Waals surface area contributed by atoms with E-state index < -0.39 is 0 Å². The van der Waals surface area contributed by atoms with E-state index in [1.807, 2.05) is 13.0 Å². The Morgan fingerprint density at radius 3 is 2.56 bits per heavy atom. The van der Waals surface area contributed by atoms with E-state index in [1.54, 1.807) is 7.11 Å². The van der Waals surface area contributed by atoms with Gasteiger partial charge < -0.3 is 19.9 Å². The van der Waals surface area contributed by atoms with Crippen LogP contribution in [0.5, 0.6) is 0 Å². The van der Waals surface area contributed by atoms with E-state index in [1.165, 1.54) is 32.5 Å². The number of hydrogen-bond acceptors (Lipinski definition) is 5. The Morgan fingerprint density at radius 2 is 1.92 bits per heavy atom. The molecule has 1 N–H and O–H groups in total. The maximum Gasteiger partial charge on any atom is 0.164 e. The third-order valence-corrected chi connectivity index (χ3v) is 6.11. The summed E-state index contributed by atoms with van der Waals surface area (Å²) in [5.74, 6) is 1.94. The molecule has 2 saturated heterocycles. The zero-order chi connectivity index (χ0) is 17.8. The number of likely N-dealkylation sites (tertiary alicyclic amines) is 1. The van der Waals surface area contributed by atoms with Crippen molar-refractivity contribution in [3.63, 3.8) is 0 Å². The fourth-order valence-corrected chi connectivity index (χ4v) is 4.48. The van der Waals surface area contributed by atoms with Crippen LogP contribution in [0.25, 0.3) is 0 Å². The van der Waals surface area contributed by atoms with Gasteiger partial charge in [0.1, 0.15) is 5.76 Å². The van der Waals surface area contributed by atoms with Crippen LogP contribution in [0.1, 0.15) is 39.0 Å². The number of allylic oxidation sites excluding steroid dienone is 2. The monoisotopic (exact) mass is 347 g/mol. The normalized spacial score (nSPS) is 24.1. The molecule has 2 heterocycles. The van der Waals surface area contributed by atoms with Crippen LogP contribution in [0.15, 0.2) is 23.1 Å². The number of carbonyl (C=O) groups is 1. The van der Waals surface area contributed by atoms with Crippen molar-refractivity contribution in [2.45, 2.75) is 45.1 Å². The molecular formula is C20H33N3O2. The Bertz CT molecular complexity index is 541. The quantitative estimate of drug-likeness (QED) is 0.826. The van der Waals surface area contributed by atoms with Crippen molar-refractivity contribution >= 4 is 5.78 Å². The van der Waals surface area contributed by atoms with Crippen molar-refractivity contribution in [1.29, 1.82) is 0 Å². The van der Waals surface area contributed by atoms with Gasteiger partial charge in [-0.05, 0) is 64.7 Å². The summed E-state index contributed by atoms with van der Waals surface area (Å²) in [6, 6.07) is 0.654. The van der Waals surface area contributed by atoms with Gasteiger partial charge in [-0.25, -0.2) is 0 Å². The summed E-state index contributed by atoms with van der Waals surface area (Å²) in [6.07, 6.45) is 7.32. The molecular weight excluding hydrogens is 314 g/mol. The van der Waals surface area contributed by atoms with E-state index in [9.17, 15) is 4.79 Å². The minimum Gasteiger partial charge on any atom is -0.495 e.